The lowest BCUT2D eigenvalue weighted by atomic mass is 9.93. The van der Waals surface area contributed by atoms with Gasteiger partial charge < -0.3 is 0 Å². The highest BCUT2D eigenvalue weighted by Gasteiger charge is 2.20. The Hall–Kier alpha value is -2.57. The van der Waals surface area contributed by atoms with Gasteiger partial charge in [0.25, 0.3) is 5.56 Å². The molecule has 0 aliphatic carbocycles. The zero-order chi connectivity index (χ0) is 15.5. The number of rotatable bonds is 3. The van der Waals surface area contributed by atoms with Crippen LogP contribution in [0.15, 0.2) is 34.2 Å². The van der Waals surface area contributed by atoms with Gasteiger partial charge in [0, 0.05) is 5.41 Å². The van der Waals surface area contributed by atoms with E-state index in [0.29, 0.717) is 11.3 Å². The summed E-state index contributed by atoms with van der Waals surface area (Å²) >= 11 is 0. The molecule has 110 valence electrons. The highest BCUT2D eigenvalue weighted by molar-refractivity contribution is 5.79. The van der Waals surface area contributed by atoms with Crippen LogP contribution in [0.1, 0.15) is 32.0 Å². The molecule has 6 nitrogen and oxygen atoms in total. The second kappa shape index (κ2) is 5.82. The largest absolute Gasteiger partial charge is 0.288 e. The second-order valence-electron chi connectivity index (χ2n) is 5.53. The van der Waals surface area contributed by atoms with Crippen molar-refractivity contribution in [1.82, 2.24) is 15.2 Å². The quantitative estimate of drug-likeness (QED) is 0.669. The molecule has 2 aromatic rings. The summed E-state index contributed by atoms with van der Waals surface area (Å²) in [5.74, 6) is -0.220. The minimum Gasteiger partial charge on any atom is -0.288 e. The van der Waals surface area contributed by atoms with Crippen molar-refractivity contribution in [3.8, 4) is 0 Å². The van der Waals surface area contributed by atoms with E-state index >= 15 is 0 Å². The first-order chi connectivity index (χ1) is 9.86. The molecule has 0 atom stereocenters. The average molecular weight is 289 g/mol. The van der Waals surface area contributed by atoms with Crippen LogP contribution < -0.4 is 11.0 Å². The van der Waals surface area contributed by atoms with Crippen LogP contribution in [0.3, 0.4) is 0 Å². The van der Waals surface area contributed by atoms with E-state index < -0.39 is 0 Å². The Morgan fingerprint density at radius 3 is 2.71 bits per heavy atom. The predicted molar refractivity (Wildman–Crippen MR) is 79.0 cm³/mol. The summed E-state index contributed by atoms with van der Waals surface area (Å²) in [5.41, 5.74) is 2.78. The molecule has 0 fully saturated rings. The number of H-pyrrole nitrogens is 1. The molecule has 1 aromatic heterocycles. The molecular weight excluding hydrogens is 273 g/mol. The first kappa shape index (κ1) is 14.8. The van der Waals surface area contributed by atoms with Gasteiger partial charge in [-0.1, -0.05) is 32.9 Å². The molecule has 1 heterocycles. The molecule has 0 amide bonds. The highest BCUT2D eigenvalue weighted by Crippen LogP contribution is 2.15. The summed E-state index contributed by atoms with van der Waals surface area (Å²) in [7, 11) is 0. The van der Waals surface area contributed by atoms with E-state index in [1.54, 1.807) is 12.1 Å². The summed E-state index contributed by atoms with van der Waals surface area (Å²) in [4.78, 5) is 14.4. The molecule has 0 bridgehead atoms. The number of aromatic nitrogens is 3. The number of hydrogen-bond acceptors (Lipinski definition) is 5. The predicted octanol–water partition coefficient (Wildman–Crippen LogP) is 2.05. The molecule has 0 aliphatic heterocycles. The third-order valence-corrected chi connectivity index (χ3v) is 2.64. The van der Waals surface area contributed by atoms with Gasteiger partial charge >= 0.3 is 0 Å². The van der Waals surface area contributed by atoms with Crippen LogP contribution in [0, 0.1) is 5.82 Å². The summed E-state index contributed by atoms with van der Waals surface area (Å²) in [6, 6.07) is 5.96. The maximum absolute atomic E-state index is 13.0. The van der Waals surface area contributed by atoms with Crippen LogP contribution in [0.2, 0.25) is 0 Å². The molecule has 7 heteroatoms. The summed E-state index contributed by atoms with van der Waals surface area (Å²) in [5, 5.41) is 11.6. The lowest BCUT2D eigenvalue weighted by molar-refractivity contribution is 0.547. The first-order valence-electron chi connectivity index (χ1n) is 6.38. The first-order valence-corrected chi connectivity index (χ1v) is 6.38. The normalized spacial score (nSPS) is 11.8. The Morgan fingerprint density at radius 2 is 2.10 bits per heavy atom. The fourth-order valence-corrected chi connectivity index (χ4v) is 1.63. The SMILES string of the molecule is CC(C)(C)c1nnc(N/N=C/c2cccc(F)c2)[nH]c1=O. The van der Waals surface area contributed by atoms with Crippen molar-refractivity contribution in [3.05, 3.63) is 51.7 Å². The van der Waals surface area contributed by atoms with Crippen molar-refractivity contribution in [2.24, 2.45) is 5.10 Å². The molecule has 0 radical (unpaired) electrons. The molecule has 21 heavy (non-hydrogen) atoms. The summed E-state index contributed by atoms with van der Waals surface area (Å²) in [6.45, 7) is 5.63. The van der Waals surface area contributed by atoms with E-state index in [0.717, 1.165) is 0 Å². The number of hydrazone groups is 1. The molecule has 0 aliphatic rings. The van der Waals surface area contributed by atoms with Crippen molar-refractivity contribution < 1.29 is 4.39 Å². The zero-order valence-corrected chi connectivity index (χ0v) is 12.0. The van der Waals surface area contributed by atoms with Crippen LogP contribution >= 0.6 is 0 Å². The van der Waals surface area contributed by atoms with E-state index in [1.807, 2.05) is 20.8 Å². The van der Waals surface area contributed by atoms with Crippen LogP contribution in [0.25, 0.3) is 0 Å². The van der Waals surface area contributed by atoms with Crippen molar-refractivity contribution in [2.45, 2.75) is 26.2 Å². The number of halogens is 1. The molecule has 0 saturated carbocycles. The number of anilines is 1. The molecule has 0 saturated heterocycles. The van der Waals surface area contributed by atoms with E-state index in [1.165, 1.54) is 18.3 Å². The fourth-order valence-electron chi connectivity index (χ4n) is 1.63. The second-order valence-corrected chi connectivity index (χ2v) is 5.53. The number of nitrogens with one attached hydrogen (secondary N) is 2. The minimum absolute atomic E-state index is 0.126. The lowest BCUT2D eigenvalue weighted by Gasteiger charge is -2.15. The number of aromatic amines is 1. The van der Waals surface area contributed by atoms with Crippen LogP contribution in [0.4, 0.5) is 10.3 Å². The minimum atomic E-state index is -0.385. The maximum atomic E-state index is 13.0. The Morgan fingerprint density at radius 1 is 1.33 bits per heavy atom. The monoisotopic (exact) mass is 289 g/mol. The van der Waals surface area contributed by atoms with Gasteiger partial charge in [-0.25, -0.2) is 9.82 Å². The number of nitrogens with zero attached hydrogens (tertiary/aromatic N) is 3. The van der Waals surface area contributed by atoms with Gasteiger partial charge in [0.05, 0.1) is 6.21 Å². The number of hydrogen-bond donors (Lipinski definition) is 2. The Balaban J connectivity index is 2.11. The van der Waals surface area contributed by atoms with Crippen LogP contribution in [0.5, 0.6) is 0 Å². The van der Waals surface area contributed by atoms with Gasteiger partial charge in [0.15, 0.2) is 0 Å². The Kier molecular flexibility index (Phi) is 4.11. The number of benzene rings is 1. The van der Waals surface area contributed by atoms with Gasteiger partial charge in [-0.3, -0.25) is 9.78 Å². The molecule has 1 aromatic carbocycles. The van der Waals surface area contributed by atoms with Gasteiger partial charge in [-0.2, -0.15) is 5.10 Å². The van der Waals surface area contributed by atoms with Crippen molar-refractivity contribution in [2.75, 3.05) is 5.43 Å². The van der Waals surface area contributed by atoms with Gasteiger partial charge in [-0.15, -0.1) is 10.2 Å². The smallest absolute Gasteiger partial charge is 0.274 e. The molecule has 2 rings (SSSR count). The Labute approximate surface area is 121 Å². The third-order valence-electron chi connectivity index (χ3n) is 2.64. The van der Waals surface area contributed by atoms with E-state index in [-0.39, 0.29) is 22.7 Å². The summed E-state index contributed by atoms with van der Waals surface area (Å²) in [6.07, 6.45) is 1.42. The molecular formula is C14H16FN5O. The van der Waals surface area contributed by atoms with Gasteiger partial charge in [-0.05, 0) is 17.7 Å². The van der Waals surface area contributed by atoms with Crippen LogP contribution in [-0.4, -0.2) is 21.4 Å². The lowest BCUT2D eigenvalue weighted by Crippen LogP contribution is -2.28. The molecule has 2 N–H and O–H groups in total. The highest BCUT2D eigenvalue weighted by atomic mass is 19.1. The van der Waals surface area contributed by atoms with Crippen molar-refractivity contribution in [1.29, 1.82) is 0 Å². The topological polar surface area (TPSA) is 83.0 Å². The van der Waals surface area contributed by atoms with E-state index in [2.05, 4.69) is 25.7 Å². The summed E-state index contributed by atoms with van der Waals surface area (Å²) < 4.78 is 13.0. The maximum Gasteiger partial charge on any atom is 0.274 e. The van der Waals surface area contributed by atoms with Crippen molar-refractivity contribution >= 4 is 12.2 Å². The van der Waals surface area contributed by atoms with Gasteiger partial charge in [0.1, 0.15) is 11.5 Å². The standard InChI is InChI=1S/C14H16FN5O/c1-14(2,3)11-12(21)17-13(20-18-11)19-16-8-9-5-4-6-10(15)7-9/h4-8H,1-3H3,(H2,17,19,20,21)/b16-8+. The third kappa shape index (κ3) is 3.95. The van der Waals surface area contributed by atoms with E-state index in [9.17, 15) is 9.18 Å². The zero-order valence-electron chi connectivity index (χ0n) is 12.0. The van der Waals surface area contributed by atoms with E-state index in [4.69, 9.17) is 0 Å². The average Bonchev–Trinajstić information content (AvgIpc) is 2.37. The Bertz CT molecular complexity index is 718. The molecule has 0 unspecified atom stereocenters. The van der Waals surface area contributed by atoms with Crippen molar-refractivity contribution in [3.63, 3.8) is 0 Å². The fraction of sp³-hybridized carbons (Fsp3) is 0.286. The van der Waals surface area contributed by atoms with Gasteiger partial charge in [0.2, 0.25) is 5.95 Å². The molecule has 0 spiro atoms. The van der Waals surface area contributed by atoms with Crippen LogP contribution in [-0.2, 0) is 5.41 Å².